The smallest absolute Gasteiger partial charge is 0.252 e. The van der Waals surface area contributed by atoms with Crippen LogP contribution in [0.5, 0.6) is 0 Å². The highest BCUT2D eigenvalue weighted by atomic mass is 16.4. The maximum absolute atomic E-state index is 13.8. The lowest BCUT2D eigenvalue weighted by Gasteiger charge is -2.41. The van der Waals surface area contributed by atoms with E-state index in [2.05, 4.69) is 26.4 Å². The van der Waals surface area contributed by atoms with Gasteiger partial charge >= 0.3 is 0 Å². The van der Waals surface area contributed by atoms with Crippen molar-refractivity contribution in [2.75, 3.05) is 13.2 Å². The van der Waals surface area contributed by atoms with Crippen molar-refractivity contribution in [2.24, 2.45) is 15.6 Å². The molecule has 1 aliphatic carbocycles. The van der Waals surface area contributed by atoms with Crippen LogP contribution in [-0.4, -0.2) is 51.7 Å². The molecule has 1 fully saturated rings. The van der Waals surface area contributed by atoms with Gasteiger partial charge in [0.05, 0.1) is 12.8 Å². The largest absolute Gasteiger partial charge is 0.443 e. The number of aliphatic hydroxyl groups is 1. The van der Waals surface area contributed by atoms with Crippen LogP contribution in [-0.2, 0) is 16.0 Å². The van der Waals surface area contributed by atoms with E-state index in [1.165, 1.54) is 0 Å². The maximum atomic E-state index is 13.8. The van der Waals surface area contributed by atoms with Gasteiger partial charge in [0.15, 0.2) is 11.7 Å². The molecule has 1 aliphatic heterocycles. The van der Waals surface area contributed by atoms with Crippen molar-refractivity contribution in [3.8, 4) is 12.3 Å². The number of nitrogens with one attached hydrogen (secondary N) is 1. The molecule has 2 aliphatic rings. The predicted molar refractivity (Wildman–Crippen MR) is 131 cm³/mol. The first-order valence-electron chi connectivity index (χ1n) is 12.8. The van der Waals surface area contributed by atoms with E-state index in [-0.39, 0.29) is 43.3 Å². The highest BCUT2D eigenvalue weighted by Gasteiger charge is 2.44. The molecule has 2 N–H and O–H groups in total. The van der Waals surface area contributed by atoms with Crippen LogP contribution in [0.3, 0.4) is 0 Å². The number of aryl methyl sites for hydroxylation is 1. The number of carbonyl (C=O) groups is 2. The molecule has 0 aromatic carbocycles. The lowest BCUT2D eigenvalue weighted by atomic mass is 9.74. The summed E-state index contributed by atoms with van der Waals surface area (Å²) in [7, 11) is 0. The third-order valence-electron chi connectivity index (χ3n) is 7.01. The van der Waals surface area contributed by atoms with E-state index in [1.807, 2.05) is 20.8 Å². The molecule has 9 heteroatoms. The van der Waals surface area contributed by atoms with Crippen molar-refractivity contribution in [3.63, 3.8) is 0 Å². The molecule has 0 bridgehead atoms. The zero-order valence-corrected chi connectivity index (χ0v) is 21.3. The average Bonchev–Trinajstić information content (AvgIpc) is 3.47. The second kappa shape index (κ2) is 11.8. The Bertz CT molecular complexity index is 936. The Labute approximate surface area is 208 Å². The number of aromatic nitrogens is 1. The Hall–Kier alpha value is -2.73. The Balaban J connectivity index is 1.91. The summed E-state index contributed by atoms with van der Waals surface area (Å²) in [6, 6.07) is -1.15. The summed E-state index contributed by atoms with van der Waals surface area (Å²) in [6.45, 7) is 5.90. The third-order valence-corrected chi connectivity index (χ3v) is 7.01. The first kappa shape index (κ1) is 26.9. The van der Waals surface area contributed by atoms with Crippen LogP contribution in [0.2, 0.25) is 0 Å². The van der Waals surface area contributed by atoms with Crippen molar-refractivity contribution in [2.45, 2.75) is 103 Å². The Kier molecular flexibility index (Phi) is 9.06. The van der Waals surface area contributed by atoms with Gasteiger partial charge in [-0.05, 0) is 26.7 Å². The molecule has 9 nitrogen and oxygen atoms in total. The molecule has 0 radical (unpaired) electrons. The van der Waals surface area contributed by atoms with Gasteiger partial charge in [0.25, 0.3) is 5.91 Å². The summed E-state index contributed by atoms with van der Waals surface area (Å²) in [5.74, 6) is 2.90. The number of aliphatic hydroxyl groups excluding tert-OH is 1. The number of terminal acetylenes is 1. The molecular weight excluding hydrogens is 446 g/mol. The number of rotatable bonds is 13. The Morgan fingerprint density at radius 2 is 1.97 bits per heavy atom. The second-order valence-electron chi connectivity index (χ2n) is 10.2. The van der Waals surface area contributed by atoms with E-state index < -0.39 is 17.1 Å². The molecule has 1 unspecified atom stereocenters. The monoisotopic (exact) mass is 485 g/mol. The van der Waals surface area contributed by atoms with Gasteiger partial charge in [-0.2, -0.15) is 10.2 Å². The van der Waals surface area contributed by atoms with Gasteiger partial charge in [-0.15, -0.1) is 12.3 Å². The van der Waals surface area contributed by atoms with Crippen LogP contribution < -0.4 is 5.32 Å². The number of nitrogens with zero attached hydrogens (tertiary/aromatic N) is 4. The van der Waals surface area contributed by atoms with Gasteiger partial charge in [-0.3, -0.25) is 9.59 Å². The van der Waals surface area contributed by atoms with Gasteiger partial charge in [0, 0.05) is 50.1 Å². The Morgan fingerprint density at radius 1 is 1.26 bits per heavy atom. The van der Waals surface area contributed by atoms with Crippen LogP contribution in [0.15, 0.2) is 20.8 Å². The molecular formula is C26H39N5O4. The molecule has 3 rings (SSSR count). The van der Waals surface area contributed by atoms with Crippen molar-refractivity contribution in [3.05, 3.63) is 17.8 Å². The SMILES string of the molecule is C#CCCC1(CCC(=O)N(CC2(CO)CCCCC2)C(C(=O)NC(C)C)c2ncc(CC)o2)N=N1. The zero-order chi connectivity index (χ0) is 25.5. The standard InChI is InChI=1S/C26H39N5O4/c1-5-7-14-26(29-30-26)15-11-21(33)31(17-25(18-32)12-9-8-10-13-25)22(23(34)28-19(3)4)24-27-16-20(6-2)35-24/h1,16,19,22,32H,6-15,17-18H2,2-4H3,(H,28,34). The van der Waals surface area contributed by atoms with Crippen LogP contribution in [0, 0.1) is 17.8 Å². The summed E-state index contributed by atoms with van der Waals surface area (Å²) in [5, 5.41) is 21.6. The van der Waals surface area contributed by atoms with Crippen molar-refractivity contribution in [1.82, 2.24) is 15.2 Å². The van der Waals surface area contributed by atoms with E-state index in [9.17, 15) is 14.7 Å². The van der Waals surface area contributed by atoms with E-state index >= 15 is 0 Å². The minimum absolute atomic E-state index is 0.0438. The third kappa shape index (κ3) is 6.91. The van der Waals surface area contributed by atoms with Gasteiger partial charge < -0.3 is 19.7 Å². The van der Waals surface area contributed by atoms with E-state index in [0.717, 1.165) is 32.1 Å². The molecule has 1 atom stereocenters. The quantitative estimate of drug-likeness (QED) is 0.410. The predicted octanol–water partition coefficient (Wildman–Crippen LogP) is 3.93. The molecule has 1 aromatic rings. The molecule has 2 heterocycles. The number of carbonyl (C=O) groups excluding carboxylic acids is 2. The average molecular weight is 486 g/mol. The summed E-state index contributed by atoms with van der Waals surface area (Å²) in [5.41, 5.74) is -1.05. The summed E-state index contributed by atoms with van der Waals surface area (Å²) >= 11 is 0. The van der Waals surface area contributed by atoms with E-state index in [0.29, 0.717) is 31.4 Å². The van der Waals surface area contributed by atoms with Gasteiger partial charge in [-0.25, -0.2) is 4.98 Å². The maximum Gasteiger partial charge on any atom is 0.252 e. The number of hydrogen-bond acceptors (Lipinski definition) is 7. The van der Waals surface area contributed by atoms with Crippen LogP contribution >= 0.6 is 0 Å². The molecule has 0 spiro atoms. The topological polar surface area (TPSA) is 120 Å². The summed E-state index contributed by atoms with van der Waals surface area (Å²) in [6.07, 6.45) is 14.0. The van der Waals surface area contributed by atoms with Crippen LogP contribution in [0.1, 0.15) is 96.3 Å². The lowest BCUT2D eigenvalue weighted by Crippen LogP contribution is -2.51. The zero-order valence-electron chi connectivity index (χ0n) is 21.3. The van der Waals surface area contributed by atoms with Gasteiger partial charge in [0.2, 0.25) is 11.8 Å². The molecule has 192 valence electrons. The second-order valence-corrected chi connectivity index (χ2v) is 10.2. The highest BCUT2D eigenvalue weighted by molar-refractivity contribution is 5.88. The number of hydrogen-bond donors (Lipinski definition) is 2. The lowest BCUT2D eigenvalue weighted by molar-refractivity contribution is -0.145. The van der Waals surface area contributed by atoms with Crippen molar-refractivity contribution < 1.29 is 19.1 Å². The first-order valence-corrected chi connectivity index (χ1v) is 12.8. The van der Waals surface area contributed by atoms with E-state index in [1.54, 1.807) is 11.1 Å². The summed E-state index contributed by atoms with van der Waals surface area (Å²) in [4.78, 5) is 33.2. The van der Waals surface area contributed by atoms with Crippen molar-refractivity contribution in [1.29, 1.82) is 0 Å². The minimum Gasteiger partial charge on any atom is -0.443 e. The summed E-state index contributed by atoms with van der Waals surface area (Å²) < 4.78 is 5.91. The molecule has 35 heavy (non-hydrogen) atoms. The molecule has 1 aromatic heterocycles. The normalized spacial score (nSPS) is 18.6. The number of oxazole rings is 1. The van der Waals surface area contributed by atoms with Crippen molar-refractivity contribution >= 4 is 11.8 Å². The van der Waals surface area contributed by atoms with Crippen LogP contribution in [0.25, 0.3) is 0 Å². The van der Waals surface area contributed by atoms with Gasteiger partial charge in [-0.1, -0.05) is 26.2 Å². The molecule has 1 saturated carbocycles. The molecule has 2 amide bonds. The minimum atomic E-state index is -1.02. The van der Waals surface area contributed by atoms with Gasteiger partial charge in [0.1, 0.15) is 5.76 Å². The Morgan fingerprint density at radius 3 is 2.51 bits per heavy atom. The fourth-order valence-electron chi connectivity index (χ4n) is 4.83. The first-order chi connectivity index (χ1) is 16.8. The number of amides is 2. The highest BCUT2D eigenvalue weighted by Crippen LogP contribution is 2.41. The fourth-order valence-corrected chi connectivity index (χ4v) is 4.83. The van der Waals surface area contributed by atoms with E-state index in [4.69, 9.17) is 10.8 Å². The van der Waals surface area contributed by atoms with Crippen LogP contribution in [0.4, 0.5) is 0 Å². The molecule has 0 saturated heterocycles. The fraction of sp³-hybridized carbons (Fsp3) is 0.731.